The second-order valence-electron chi connectivity index (χ2n) is 5.05. The van der Waals surface area contributed by atoms with Crippen LogP contribution in [0, 0.1) is 0 Å². The average molecular weight is 249 g/mol. The van der Waals surface area contributed by atoms with Crippen LogP contribution >= 0.6 is 0 Å². The van der Waals surface area contributed by atoms with Crippen molar-refractivity contribution in [3.63, 3.8) is 0 Å². The molecular formula is C13H19N3O2. The predicted molar refractivity (Wildman–Crippen MR) is 70.0 cm³/mol. The molecule has 0 amide bonds. The van der Waals surface area contributed by atoms with Gasteiger partial charge in [0.05, 0.1) is 5.69 Å². The highest BCUT2D eigenvalue weighted by Crippen LogP contribution is 2.36. The molecule has 1 saturated carbocycles. The Hall–Kier alpha value is -1.62. The highest BCUT2D eigenvalue weighted by molar-refractivity contribution is 5.93. The standard InChI is InChI=1S/C13H19N3O2/c1-16(2)13(5-3-6-13)9-15-11-4-7-14-8-10(11)12(17)18/h4,7-8H,3,5-6,9H2,1-2H3,(H,14,15)(H,17,18). The Morgan fingerprint density at radius 3 is 2.78 bits per heavy atom. The van der Waals surface area contributed by atoms with Crippen LogP contribution in [-0.4, -0.2) is 47.1 Å². The van der Waals surface area contributed by atoms with Crippen LogP contribution in [0.15, 0.2) is 18.5 Å². The average Bonchev–Trinajstić information content (AvgIpc) is 2.27. The van der Waals surface area contributed by atoms with E-state index in [-0.39, 0.29) is 11.1 Å². The molecule has 1 aromatic heterocycles. The summed E-state index contributed by atoms with van der Waals surface area (Å²) >= 11 is 0. The summed E-state index contributed by atoms with van der Waals surface area (Å²) in [6, 6.07) is 1.71. The molecule has 1 aliphatic rings. The third kappa shape index (κ3) is 2.31. The highest BCUT2D eigenvalue weighted by Gasteiger charge is 2.38. The summed E-state index contributed by atoms with van der Waals surface area (Å²) in [5.41, 5.74) is 1.04. The molecule has 1 heterocycles. The normalized spacial score (nSPS) is 17.3. The lowest BCUT2D eigenvalue weighted by atomic mass is 9.75. The summed E-state index contributed by atoms with van der Waals surface area (Å²) in [4.78, 5) is 17.1. The van der Waals surface area contributed by atoms with Crippen molar-refractivity contribution in [2.24, 2.45) is 0 Å². The maximum absolute atomic E-state index is 11.1. The van der Waals surface area contributed by atoms with E-state index in [0.29, 0.717) is 5.69 Å². The third-order valence-corrected chi connectivity index (χ3v) is 3.89. The number of nitrogens with zero attached hydrogens (tertiary/aromatic N) is 2. The second-order valence-corrected chi connectivity index (χ2v) is 5.05. The van der Waals surface area contributed by atoms with E-state index in [1.807, 2.05) is 0 Å². The lowest BCUT2D eigenvalue weighted by Gasteiger charge is -2.47. The zero-order chi connectivity index (χ0) is 13.2. The van der Waals surface area contributed by atoms with Gasteiger partial charge in [0.15, 0.2) is 0 Å². The molecular weight excluding hydrogens is 230 g/mol. The van der Waals surface area contributed by atoms with E-state index in [0.717, 1.165) is 19.4 Å². The number of hydrogen-bond donors (Lipinski definition) is 2. The fraction of sp³-hybridized carbons (Fsp3) is 0.538. The topological polar surface area (TPSA) is 65.5 Å². The molecule has 1 fully saturated rings. The molecule has 2 rings (SSSR count). The van der Waals surface area contributed by atoms with Crippen LogP contribution in [0.25, 0.3) is 0 Å². The van der Waals surface area contributed by atoms with Crippen LogP contribution in [0.3, 0.4) is 0 Å². The van der Waals surface area contributed by atoms with E-state index in [4.69, 9.17) is 5.11 Å². The first-order chi connectivity index (χ1) is 8.55. The molecule has 0 aromatic carbocycles. The first-order valence-electron chi connectivity index (χ1n) is 6.14. The number of pyridine rings is 1. The molecule has 0 saturated heterocycles. The minimum Gasteiger partial charge on any atom is -0.478 e. The molecule has 0 atom stereocenters. The van der Waals surface area contributed by atoms with E-state index >= 15 is 0 Å². The van der Waals surface area contributed by atoms with Gasteiger partial charge in [-0.05, 0) is 39.4 Å². The van der Waals surface area contributed by atoms with Gasteiger partial charge >= 0.3 is 5.97 Å². The fourth-order valence-electron chi connectivity index (χ4n) is 2.35. The van der Waals surface area contributed by atoms with Gasteiger partial charge < -0.3 is 15.3 Å². The van der Waals surface area contributed by atoms with Crippen LogP contribution in [0.1, 0.15) is 29.6 Å². The van der Waals surface area contributed by atoms with Crippen LogP contribution in [0.2, 0.25) is 0 Å². The largest absolute Gasteiger partial charge is 0.478 e. The molecule has 0 unspecified atom stereocenters. The van der Waals surface area contributed by atoms with Gasteiger partial charge in [0.2, 0.25) is 0 Å². The summed E-state index contributed by atoms with van der Waals surface area (Å²) in [6.07, 6.45) is 6.54. The Balaban J connectivity index is 2.08. The monoisotopic (exact) mass is 249 g/mol. The number of anilines is 1. The molecule has 98 valence electrons. The third-order valence-electron chi connectivity index (χ3n) is 3.89. The lowest BCUT2D eigenvalue weighted by molar-refractivity contribution is 0.0693. The molecule has 5 heteroatoms. The molecule has 0 aliphatic heterocycles. The Morgan fingerprint density at radius 1 is 1.56 bits per heavy atom. The number of aromatic nitrogens is 1. The highest BCUT2D eigenvalue weighted by atomic mass is 16.4. The predicted octanol–water partition coefficient (Wildman–Crippen LogP) is 1.68. The number of carboxylic acid groups (broad SMARTS) is 1. The summed E-state index contributed by atoms with van der Waals surface area (Å²) < 4.78 is 0. The number of carboxylic acids is 1. The van der Waals surface area contributed by atoms with E-state index in [1.165, 1.54) is 12.6 Å². The Labute approximate surface area is 107 Å². The van der Waals surface area contributed by atoms with Gasteiger partial charge in [-0.3, -0.25) is 4.98 Å². The van der Waals surface area contributed by atoms with Gasteiger partial charge in [0, 0.05) is 24.5 Å². The summed E-state index contributed by atoms with van der Waals surface area (Å²) in [5.74, 6) is -0.946. The molecule has 0 spiro atoms. The molecule has 0 bridgehead atoms. The van der Waals surface area contributed by atoms with Gasteiger partial charge in [0.25, 0.3) is 0 Å². The van der Waals surface area contributed by atoms with Crippen molar-refractivity contribution >= 4 is 11.7 Å². The van der Waals surface area contributed by atoms with E-state index in [1.54, 1.807) is 12.3 Å². The zero-order valence-electron chi connectivity index (χ0n) is 10.8. The van der Waals surface area contributed by atoms with Crippen molar-refractivity contribution in [1.82, 2.24) is 9.88 Å². The second kappa shape index (κ2) is 4.94. The molecule has 2 N–H and O–H groups in total. The smallest absolute Gasteiger partial charge is 0.339 e. The molecule has 0 radical (unpaired) electrons. The van der Waals surface area contributed by atoms with Gasteiger partial charge in [-0.15, -0.1) is 0 Å². The number of aromatic carboxylic acids is 1. The molecule has 18 heavy (non-hydrogen) atoms. The lowest BCUT2D eigenvalue weighted by Crippen LogP contribution is -2.54. The van der Waals surface area contributed by atoms with E-state index in [9.17, 15) is 4.79 Å². The Bertz CT molecular complexity index is 442. The maximum atomic E-state index is 11.1. The first kappa shape index (κ1) is 12.8. The van der Waals surface area contributed by atoms with Gasteiger partial charge in [-0.2, -0.15) is 0 Å². The summed E-state index contributed by atoms with van der Waals surface area (Å²) in [7, 11) is 4.15. The van der Waals surface area contributed by atoms with Crippen LogP contribution in [0.5, 0.6) is 0 Å². The van der Waals surface area contributed by atoms with Crippen molar-refractivity contribution in [3.8, 4) is 0 Å². The van der Waals surface area contributed by atoms with Crippen LogP contribution < -0.4 is 5.32 Å². The first-order valence-corrected chi connectivity index (χ1v) is 6.14. The summed E-state index contributed by atoms with van der Waals surface area (Å²) in [6.45, 7) is 0.768. The SMILES string of the molecule is CN(C)C1(CNc2ccncc2C(=O)O)CCC1. The number of likely N-dealkylation sites (N-methyl/N-ethyl adjacent to an activating group) is 1. The molecule has 1 aliphatic carbocycles. The number of hydrogen-bond acceptors (Lipinski definition) is 4. The van der Waals surface area contributed by atoms with Crippen molar-refractivity contribution in [2.45, 2.75) is 24.8 Å². The van der Waals surface area contributed by atoms with E-state index in [2.05, 4.69) is 29.3 Å². The molecule has 1 aromatic rings. The van der Waals surface area contributed by atoms with Crippen LogP contribution in [-0.2, 0) is 0 Å². The zero-order valence-corrected chi connectivity index (χ0v) is 10.8. The van der Waals surface area contributed by atoms with Crippen molar-refractivity contribution in [3.05, 3.63) is 24.0 Å². The van der Waals surface area contributed by atoms with Crippen LogP contribution in [0.4, 0.5) is 5.69 Å². The quantitative estimate of drug-likeness (QED) is 0.831. The summed E-state index contributed by atoms with van der Waals surface area (Å²) in [5, 5.41) is 12.3. The van der Waals surface area contributed by atoms with E-state index < -0.39 is 5.97 Å². The number of nitrogens with one attached hydrogen (secondary N) is 1. The van der Waals surface area contributed by atoms with Crippen molar-refractivity contribution < 1.29 is 9.90 Å². The van der Waals surface area contributed by atoms with Gasteiger partial charge in [-0.25, -0.2) is 4.79 Å². The Kier molecular flexibility index (Phi) is 3.52. The molecule has 5 nitrogen and oxygen atoms in total. The van der Waals surface area contributed by atoms with Gasteiger partial charge in [0.1, 0.15) is 5.56 Å². The number of carbonyl (C=O) groups is 1. The fourth-order valence-corrected chi connectivity index (χ4v) is 2.35. The minimum absolute atomic E-state index is 0.166. The number of rotatable bonds is 5. The van der Waals surface area contributed by atoms with Gasteiger partial charge in [-0.1, -0.05) is 0 Å². The minimum atomic E-state index is -0.946. The van der Waals surface area contributed by atoms with Crippen molar-refractivity contribution in [2.75, 3.05) is 26.0 Å². The Morgan fingerprint density at radius 2 is 2.28 bits per heavy atom. The maximum Gasteiger partial charge on any atom is 0.339 e. The van der Waals surface area contributed by atoms with Crippen molar-refractivity contribution in [1.29, 1.82) is 0 Å².